The summed E-state index contributed by atoms with van der Waals surface area (Å²) in [6, 6.07) is 20.2. The van der Waals surface area contributed by atoms with E-state index >= 15 is 0 Å². The van der Waals surface area contributed by atoms with Crippen molar-refractivity contribution in [1.82, 2.24) is 4.90 Å². The Bertz CT molecular complexity index is 1210. The molecule has 3 aromatic carbocycles. The van der Waals surface area contributed by atoms with Crippen LogP contribution >= 0.6 is 0 Å². The van der Waals surface area contributed by atoms with Crippen LogP contribution in [-0.4, -0.2) is 37.5 Å². The zero-order valence-corrected chi connectivity index (χ0v) is 18.3. The molecule has 0 aromatic heterocycles. The molecule has 0 saturated heterocycles. The van der Waals surface area contributed by atoms with Crippen LogP contribution in [0.5, 0.6) is 11.5 Å². The van der Waals surface area contributed by atoms with Crippen LogP contribution in [0, 0.1) is 5.82 Å². The van der Waals surface area contributed by atoms with Gasteiger partial charge in [-0.2, -0.15) is 0 Å². The topological polar surface area (TPSA) is 67.9 Å². The third-order valence-corrected chi connectivity index (χ3v) is 5.43. The summed E-state index contributed by atoms with van der Waals surface area (Å²) in [6.07, 6.45) is 0.519. The average molecular weight is 446 g/mol. The lowest BCUT2D eigenvalue weighted by Crippen LogP contribution is -2.34. The minimum Gasteiger partial charge on any atom is -0.497 e. The number of imide groups is 1. The van der Waals surface area contributed by atoms with Gasteiger partial charge in [-0.1, -0.05) is 42.5 Å². The van der Waals surface area contributed by atoms with E-state index in [0.717, 1.165) is 5.56 Å². The summed E-state index contributed by atoms with van der Waals surface area (Å²) in [6.45, 7) is 0.215. The fourth-order valence-corrected chi connectivity index (χ4v) is 3.71. The molecule has 1 aliphatic heterocycles. The lowest BCUT2D eigenvalue weighted by atomic mass is 10.0. The summed E-state index contributed by atoms with van der Waals surface area (Å²) in [5.74, 6) is -0.294. The first-order valence-electron chi connectivity index (χ1n) is 10.4. The van der Waals surface area contributed by atoms with Crippen molar-refractivity contribution in [1.29, 1.82) is 0 Å². The Balaban J connectivity index is 1.72. The van der Waals surface area contributed by atoms with Crippen LogP contribution in [-0.2, 0) is 16.0 Å². The van der Waals surface area contributed by atoms with Crippen molar-refractivity contribution in [2.24, 2.45) is 0 Å². The lowest BCUT2D eigenvalue weighted by molar-refractivity contribution is -0.136. The number of ether oxygens (including phenoxy) is 2. The number of nitrogens with one attached hydrogen (secondary N) is 1. The van der Waals surface area contributed by atoms with Gasteiger partial charge >= 0.3 is 0 Å². The van der Waals surface area contributed by atoms with E-state index in [1.807, 2.05) is 30.3 Å². The summed E-state index contributed by atoms with van der Waals surface area (Å²) in [5.41, 5.74) is 2.21. The van der Waals surface area contributed by atoms with Gasteiger partial charge in [0, 0.05) is 12.6 Å². The number of halogens is 1. The van der Waals surface area contributed by atoms with E-state index in [1.165, 1.54) is 43.4 Å². The molecule has 33 heavy (non-hydrogen) atoms. The number of carbonyl (C=O) groups excluding carboxylic acids is 2. The van der Waals surface area contributed by atoms with Gasteiger partial charge in [0.2, 0.25) is 0 Å². The Hall–Kier alpha value is -4.13. The van der Waals surface area contributed by atoms with E-state index in [0.29, 0.717) is 29.2 Å². The van der Waals surface area contributed by atoms with Crippen molar-refractivity contribution in [2.75, 3.05) is 26.1 Å². The Labute approximate surface area is 191 Å². The molecule has 1 heterocycles. The molecule has 4 rings (SSSR count). The largest absolute Gasteiger partial charge is 0.497 e. The van der Waals surface area contributed by atoms with Gasteiger partial charge in [0.1, 0.15) is 23.0 Å². The smallest absolute Gasteiger partial charge is 0.278 e. The molecule has 7 heteroatoms. The second-order valence-corrected chi connectivity index (χ2v) is 7.45. The molecule has 3 aromatic rings. The standard InChI is InChI=1S/C26H23FN2O4/c1-32-20-12-13-22(33-2)21(16-20)28-24-23(18-8-10-19(27)11-9-18)25(30)29(26(24)31)15-14-17-6-4-3-5-7-17/h3-13,16,28H,14-15H2,1-2H3. The van der Waals surface area contributed by atoms with Crippen molar-refractivity contribution in [3.63, 3.8) is 0 Å². The fraction of sp³-hybridized carbons (Fsp3) is 0.154. The van der Waals surface area contributed by atoms with Crippen LogP contribution in [0.25, 0.3) is 5.57 Å². The van der Waals surface area contributed by atoms with Crippen LogP contribution in [0.3, 0.4) is 0 Å². The molecule has 0 atom stereocenters. The Morgan fingerprint density at radius 1 is 0.879 bits per heavy atom. The quantitative estimate of drug-likeness (QED) is 0.523. The van der Waals surface area contributed by atoms with Crippen molar-refractivity contribution in [2.45, 2.75) is 6.42 Å². The highest BCUT2D eigenvalue weighted by atomic mass is 19.1. The summed E-state index contributed by atoms with van der Waals surface area (Å²) >= 11 is 0. The highest BCUT2D eigenvalue weighted by Gasteiger charge is 2.39. The predicted molar refractivity (Wildman–Crippen MR) is 123 cm³/mol. The van der Waals surface area contributed by atoms with Crippen LogP contribution in [0.2, 0.25) is 0 Å². The Kier molecular flexibility index (Phi) is 6.40. The number of hydrogen-bond donors (Lipinski definition) is 1. The van der Waals surface area contributed by atoms with Crippen molar-refractivity contribution >= 4 is 23.1 Å². The van der Waals surface area contributed by atoms with Crippen molar-refractivity contribution < 1.29 is 23.5 Å². The van der Waals surface area contributed by atoms with Gasteiger partial charge in [-0.05, 0) is 41.8 Å². The molecule has 1 aliphatic rings. The molecule has 6 nitrogen and oxygen atoms in total. The minimum atomic E-state index is -0.458. The number of nitrogens with zero attached hydrogens (tertiary/aromatic N) is 1. The highest BCUT2D eigenvalue weighted by Crippen LogP contribution is 2.35. The van der Waals surface area contributed by atoms with E-state index in [4.69, 9.17) is 9.47 Å². The maximum absolute atomic E-state index is 13.5. The Morgan fingerprint density at radius 3 is 2.27 bits per heavy atom. The summed E-state index contributed by atoms with van der Waals surface area (Å²) in [4.78, 5) is 28.0. The molecule has 0 saturated carbocycles. The summed E-state index contributed by atoms with van der Waals surface area (Å²) in [5, 5.41) is 3.08. The van der Waals surface area contributed by atoms with Gasteiger partial charge < -0.3 is 14.8 Å². The number of anilines is 1. The number of benzene rings is 3. The maximum atomic E-state index is 13.5. The van der Waals surface area contributed by atoms with Gasteiger partial charge in [0.15, 0.2) is 0 Å². The molecule has 0 aliphatic carbocycles. The summed E-state index contributed by atoms with van der Waals surface area (Å²) in [7, 11) is 3.04. The van der Waals surface area contributed by atoms with E-state index < -0.39 is 17.6 Å². The minimum absolute atomic E-state index is 0.103. The molecule has 2 amide bonds. The second-order valence-electron chi connectivity index (χ2n) is 7.45. The number of methoxy groups -OCH3 is 2. The molecule has 1 N–H and O–H groups in total. The average Bonchev–Trinajstić information content (AvgIpc) is 3.07. The zero-order chi connectivity index (χ0) is 23.4. The van der Waals surface area contributed by atoms with E-state index in [9.17, 15) is 14.0 Å². The van der Waals surface area contributed by atoms with E-state index in [1.54, 1.807) is 18.2 Å². The van der Waals surface area contributed by atoms with Crippen LogP contribution in [0.1, 0.15) is 11.1 Å². The van der Waals surface area contributed by atoms with Crippen LogP contribution in [0.4, 0.5) is 10.1 Å². The summed E-state index contributed by atoms with van der Waals surface area (Å²) < 4.78 is 24.2. The van der Waals surface area contributed by atoms with Gasteiger partial charge in [-0.25, -0.2) is 4.39 Å². The highest BCUT2D eigenvalue weighted by molar-refractivity contribution is 6.36. The molecule has 0 bridgehead atoms. The lowest BCUT2D eigenvalue weighted by Gasteiger charge is -2.16. The number of rotatable bonds is 8. The van der Waals surface area contributed by atoms with Crippen molar-refractivity contribution in [3.8, 4) is 11.5 Å². The first-order valence-corrected chi connectivity index (χ1v) is 10.4. The monoisotopic (exact) mass is 446 g/mol. The van der Waals surface area contributed by atoms with Crippen molar-refractivity contribution in [3.05, 3.63) is 95.4 Å². The Morgan fingerprint density at radius 2 is 1.61 bits per heavy atom. The second kappa shape index (κ2) is 9.56. The number of hydrogen-bond acceptors (Lipinski definition) is 5. The first kappa shape index (κ1) is 22.1. The molecule has 168 valence electrons. The van der Waals surface area contributed by atoms with E-state index in [2.05, 4.69) is 5.32 Å². The zero-order valence-electron chi connectivity index (χ0n) is 18.3. The van der Waals surface area contributed by atoms with Gasteiger partial charge in [-0.3, -0.25) is 14.5 Å². The van der Waals surface area contributed by atoms with Gasteiger partial charge in [0.25, 0.3) is 11.8 Å². The van der Waals surface area contributed by atoms with Gasteiger partial charge in [-0.15, -0.1) is 0 Å². The molecule has 0 radical (unpaired) electrons. The number of amides is 2. The van der Waals surface area contributed by atoms with Gasteiger partial charge in [0.05, 0.1) is 25.5 Å². The maximum Gasteiger partial charge on any atom is 0.278 e. The third kappa shape index (κ3) is 4.57. The predicted octanol–water partition coefficient (Wildman–Crippen LogP) is 4.28. The molecule has 0 spiro atoms. The molecular formula is C26H23FN2O4. The van der Waals surface area contributed by atoms with Crippen LogP contribution in [0.15, 0.2) is 78.5 Å². The third-order valence-electron chi connectivity index (χ3n) is 5.43. The van der Waals surface area contributed by atoms with E-state index in [-0.39, 0.29) is 17.8 Å². The molecular weight excluding hydrogens is 423 g/mol. The number of carbonyl (C=O) groups is 2. The van der Waals surface area contributed by atoms with Crippen LogP contribution < -0.4 is 14.8 Å². The fourth-order valence-electron chi connectivity index (χ4n) is 3.71. The SMILES string of the molecule is COc1ccc(OC)c(NC2=C(c3ccc(F)cc3)C(=O)N(CCc3ccccc3)C2=O)c1. The first-order chi connectivity index (χ1) is 16.0. The molecule has 0 fully saturated rings. The normalized spacial score (nSPS) is 13.5. The molecule has 0 unspecified atom stereocenters.